The first-order valence-corrected chi connectivity index (χ1v) is 9.03. The maximum absolute atomic E-state index is 12.3. The number of benzene rings is 1. The van der Waals surface area contributed by atoms with Crippen LogP contribution in [0.3, 0.4) is 0 Å². The lowest BCUT2D eigenvalue weighted by Gasteiger charge is -2.17. The second-order valence-electron chi connectivity index (χ2n) is 5.62. The number of ether oxygens (including phenoxy) is 2. The molecule has 0 radical (unpaired) electrons. The minimum absolute atomic E-state index is 0.0140. The number of carbonyl (C=O) groups is 2. The van der Waals surface area contributed by atoms with Gasteiger partial charge in [-0.25, -0.2) is 4.79 Å². The van der Waals surface area contributed by atoms with Crippen molar-refractivity contribution in [2.24, 2.45) is 0 Å². The van der Waals surface area contributed by atoms with Gasteiger partial charge in [-0.3, -0.25) is 9.69 Å². The van der Waals surface area contributed by atoms with Gasteiger partial charge in [0.05, 0.1) is 16.3 Å². The molecule has 0 spiro atoms. The van der Waals surface area contributed by atoms with Crippen molar-refractivity contribution in [3.63, 3.8) is 0 Å². The molecule has 0 atom stereocenters. The highest BCUT2D eigenvalue weighted by Gasteiger charge is 2.32. The van der Waals surface area contributed by atoms with E-state index < -0.39 is 6.03 Å². The molecule has 1 fully saturated rings. The summed E-state index contributed by atoms with van der Waals surface area (Å²) in [5, 5.41) is 2.58. The normalized spacial score (nSPS) is 15.7. The number of carbonyl (C=O) groups excluding carboxylic acids is 2. The third-order valence-corrected chi connectivity index (χ3v) is 4.07. The van der Waals surface area contributed by atoms with E-state index >= 15 is 0 Å². The Hall–Kier alpha value is -2.03. The number of rotatable bonds is 7. The summed E-state index contributed by atoms with van der Waals surface area (Å²) >= 11 is 2.17. The van der Waals surface area contributed by atoms with Crippen molar-refractivity contribution >= 4 is 40.6 Å². The average Bonchev–Trinajstić information content (AvgIpc) is 2.79. The molecule has 1 aromatic carbocycles. The molecule has 2 rings (SSSR count). The van der Waals surface area contributed by atoms with Crippen LogP contribution in [-0.2, 0) is 4.79 Å². The van der Waals surface area contributed by atoms with E-state index in [0.717, 1.165) is 14.0 Å². The van der Waals surface area contributed by atoms with E-state index in [4.69, 9.17) is 9.47 Å². The van der Waals surface area contributed by atoms with Gasteiger partial charge in [0.25, 0.3) is 5.91 Å². The Morgan fingerprint density at radius 3 is 2.68 bits per heavy atom. The molecule has 1 aromatic rings. The van der Waals surface area contributed by atoms with E-state index in [1.54, 1.807) is 12.1 Å². The van der Waals surface area contributed by atoms with Crippen LogP contribution >= 0.6 is 22.6 Å². The SMILES string of the molecule is C=CCN1C(=O)N/C(=C/c2cc(I)c(OC(C)C)c(OCC)c2)C1=O. The number of hydrogen-bond donors (Lipinski definition) is 1. The van der Waals surface area contributed by atoms with Gasteiger partial charge in [0, 0.05) is 6.54 Å². The summed E-state index contributed by atoms with van der Waals surface area (Å²) < 4.78 is 12.4. The van der Waals surface area contributed by atoms with E-state index in [0.29, 0.717) is 18.1 Å². The van der Waals surface area contributed by atoms with Crippen molar-refractivity contribution in [3.05, 3.63) is 39.6 Å². The van der Waals surface area contributed by atoms with Crippen molar-refractivity contribution in [1.82, 2.24) is 10.2 Å². The lowest BCUT2D eigenvalue weighted by atomic mass is 10.1. The van der Waals surface area contributed by atoms with Crippen molar-refractivity contribution < 1.29 is 19.1 Å². The number of nitrogens with zero attached hydrogens (tertiary/aromatic N) is 1. The smallest absolute Gasteiger partial charge is 0.329 e. The van der Waals surface area contributed by atoms with Gasteiger partial charge in [0.1, 0.15) is 5.70 Å². The Morgan fingerprint density at radius 1 is 1.36 bits per heavy atom. The standard InChI is InChI=1S/C18H21IN2O4/c1-5-7-21-17(22)14(20-18(21)23)9-12-8-13(19)16(25-11(3)4)15(10-12)24-6-2/h5,8-11H,1,6-7H2,2-4H3,(H,20,23)/b14-9+. The fraction of sp³-hybridized carbons (Fsp3) is 0.333. The number of halogens is 1. The predicted octanol–water partition coefficient (Wildman–Crippen LogP) is 3.56. The molecular weight excluding hydrogens is 435 g/mol. The van der Waals surface area contributed by atoms with Crippen molar-refractivity contribution in [2.75, 3.05) is 13.2 Å². The third-order valence-electron chi connectivity index (χ3n) is 3.27. The minimum Gasteiger partial charge on any atom is -0.490 e. The van der Waals surface area contributed by atoms with E-state index in [-0.39, 0.29) is 24.3 Å². The summed E-state index contributed by atoms with van der Waals surface area (Å²) in [6.07, 6.45) is 3.15. The Bertz CT molecular complexity index is 728. The highest BCUT2D eigenvalue weighted by atomic mass is 127. The quantitative estimate of drug-likeness (QED) is 0.295. The molecule has 0 unspecified atom stereocenters. The van der Waals surface area contributed by atoms with Gasteiger partial charge in [-0.1, -0.05) is 6.08 Å². The van der Waals surface area contributed by atoms with Crippen LogP contribution in [0.1, 0.15) is 26.3 Å². The molecule has 1 aliphatic rings. The minimum atomic E-state index is -0.448. The zero-order chi connectivity index (χ0) is 18.6. The first-order chi connectivity index (χ1) is 11.9. The Morgan fingerprint density at radius 2 is 2.08 bits per heavy atom. The fourth-order valence-corrected chi connectivity index (χ4v) is 3.07. The molecule has 6 nitrogen and oxygen atoms in total. The highest BCUT2D eigenvalue weighted by molar-refractivity contribution is 14.1. The van der Waals surface area contributed by atoms with Gasteiger partial charge in [0.2, 0.25) is 0 Å². The molecule has 134 valence electrons. The van der Waals surface area contributed by atoms with E-state index in [9.17, 15) is 9.59 Å². The molecule has 0 bridgehead atoms. The zero-order valence-electron chi connectivity index (χ0n) is 14.5. The number of urea groups is 1. The number of amides is 3. The van der Waals surface area contributed by atoms with Crippen molar-refractivity contribution in [1.29, 1.82) is 0 Å². The second kappa shape index (κ2) is 8.37. The van der Waals surface area contributed by atoms with E-state index in [1.165, 1.54) is 6.08 Å². The summed E-state index contributed by atoms with van der Waals surface area (Å²) in [5.41, 5.74) is 0.968. The molecular formula is C18H21IN2O4. The first-order valence-electron chi connectivity index (χ1n) is 7.95. The fourth-order valence-electron chi connectivity index (χ4n) is 2.32. The van der Waals surface area contributed by atoms with Crippen molar-refractivity contribution in [3.8, 4) is 11.5 Å². The zero-order valence-corrected chi connectivity index (χ0v) is 16.6. The molecule has 7 heteroatoms. The summed E-state index contributed by atoms with van der Waals surface area (Å²) in [5.74, 6) is 0.907. The third kappa shape index (κ3) is 4.53. The number of imide groups is 1. The van der Waals surface area contributed by atoms with Gasteiger partial charge >= 0.3 is 6.03 Å². The maximum Gasteiger partial charge on any atom is 0.329 e. The van der Waals surface area contributed by atoms with Gasteiger partial charge in [-0.05, 0) is 67.1 Å². The largest absolute Gasteiger partial charge is 0.490 e. The summed E-state index contributed by atoms with van der Waals surface area (Å²) in [7, 11) is 0. The van der Waals surface area contributed by atoms with Crippen molar-refractivity contribution in [2.45, 2.75) is 26.9 Å². The van der Waals surface area contributed by atoms with Crippen LogP contribution in [0.4, 0.5) is 4.79 Å². The van der Waals surface area contributed by atoms with E-state index in [1.807, 2.05) is 26.8 Å². The topological polar surface area (TPSA) is 67.9 Å². The highest BCUT2D eigenvalue weighted by Crippen LogP contribution is 2.35. The van der Waals surface area contributed by atoms with Crippen LogP contribution in [0.2, 0.25) is 0 Å². The molecule has 3 amide bonds. The number of hydrogen-bond acceptors (Lipinski definition) is 4. The molecule has 1 N–H and O–H groups in total. The average molecular weight is 456 g/mol. The predicted molar refractivity (Wildman–Crippen MR) is 105 cm³/mol. The van der Waals surface area contributed by atoms with Crippen LogP contribution in [0, 0.1) is 3.57 Å². The molecule has 0 aliphatic carbocycles. The Balaban J connectivity index is 2.38. The van der Waals surface area contributed by atoms with Crippen LogP contribution in [0.5, 0.6) is 11.5 Å². The number of nitrogens with one attached hydrogen (secondary N) is 1. The monoisotopic (exact) mass is 456 g/mol. The molecule has 0 saturated carbocycles. The Kier molecular flexibility index (Phi) is 6.46. The van der Waals surface area contributed by atoms with Crippen LogP contribution in [-0.4, -0.2) is 36.1 Å². The second-order valence-corrected chi connectivity index (χ2v) is 6.78. The summed E-state index contributed by atoms with van der Waals surface area (Å²) in [6.45, 7) is 10.0. The van der Waals surface area contributed by atoms with Gasteiger partial charge in [-0.15, -0.1) is 6.58 Å². The van der Waals surface area contributed by atoms with Gasteiger partial charge < -0.3 is 14.8 Å². The van der Waals surface area contributed by atoms with Crippen LogP contribution < -0.4 is 14.8 Å². The van der Waals surface area contributed by atoms with E-state index in [2.05, 4.69) is 34.5 Å². The molecule has 0 aromatic heterocycles. The molecule has 25 heavy (non-hydrogen) atoms. The summed E-state index contributed by atoms with van der Waals surface area (Å²) in [6, 6.07) is 3.23. The lowest BCUT2D eigenvalue weighted by molar-refractivity contribution is -0.122. The van der Waals surface area contributed by atoms with Crippen LogP contribution in [0.25, 0.3) is 6.08 Å². The van der Waals surface area contributed by atoms with Gasteiger partial charge in [0.15, 0.2) is 11.5 Å². The summed E-state index contributed by atoms with van der Waals surface area (Å²) in [4.78, 5) is 25.2. The van der Waals surface area contributed by atoms with Gasteiger partial charge in [-0.2, -0.15) is 0 Å². The molecule has 1 aliphatic heterocycles. The van der Waals surface area contributed by atoms with Crippen LogP contribution in [0.15, 0.2) is 30.5 Å². The maximum atomic E-state index is 12.3. The lowest BCUT2D eigenvalue weighted by Crippen LogP contribution is -2.30. The molecule has 1 heterocycles. The first kappa shape index (κ1) is 19.3. The Labute approximate surface area is 161 Å². The molecule has 1 saturated heterocycles.